The van der Waals surface area contributed by atoms with Gasteiger partial charge in [-0.05, 0) is 24.4 Å². The Hall–Kier alpha value is -2.09. The maximum Gasteiger partial charge on any atom is 0.308 e. The van der Waals surface area contributed by atoms with Crippen LogP contribution in [0, 0.1) is 11.3 Å². The lowest BCUT2D eigenvalue weighted by molar-refractivity contribution is -0.151. The van der Waals surface area contributed by atoms with Gasteiger partial charge in [-0.15, -0.1) is 0 Å². The lowest BCUT2D eigenvalue weighted by Crippen LogP contribution is -2.21. The monoisotopic (exact) mass is 316 g/mol. The molecule has 1 aliphatic heterocycles. The number of aromatic amines is 1. The van der Waals surface area contributed by atoms with Gasteiger partial charge in [0.05, 0.1) is 31.7 Å². The molecular weight excluding hydrogens is 295 g/mol. The van der Waals surface area contributed by atoms with E-state index in [0.717, 1.165) is 12.0 Å². The predicted molar refractivity (Wildman–Crippen MR) is 87.8 cm³/mol. The molecule has 0 bridgehead atoms. The van der Waals surface area contributed by atoms with Gasteiger partial charge in [-0.2, -0.15) is 0 Å². The maximum atomic E-state index is 11.5. The van der Waals surface area contributed by atoms with Gasteiger partial charge < -0.3 is 20.2 Å². The van der Waals surface area contributed by atoms with E-state index in [1.165, 1.54) is 0 Å². The number of ether oxygens (including phenoxy) is 2. The highest BCUT2D eigenvalue weighted by atomic mass is 16.6. The Bertz CT molecular complexity index is 599. The van der Waals surface area contributed by atoms with Crippen LogP contribution in [0.5, 0.6) is 0 Å². The molecule has 0 amide bonds. The van der Waals surface area contributed by atoms with Gasteiger partial charge in [0.25, 0.3) is 0 Å². The molecular formula is C15H21BN4O3. The van der Waals surface area contributed by atoms with Crippen molar-refractivity contribution in [1.82, 2.24) is 4.98 Å². The molecule has 1 aromatic rings. The Morgan fingerprint density at radius 3 is 3.04 bits per heavy atom. The van der Waals surface area contributed by atoms with Gasteiger partial charge in [-0.3, -0.25) is 10.2 Å². The highest BCUT2D eigenvalue weighted by Gasteiger charge is 2.34. The first-order valence-corrected chi connectivity index (χ1v) is 7.51. The van der Waals surface area contributed by atoms with E-state index in [1.807, 2.05) is 6.07 Å². The summed E-state index contributed by atoms with van der Waals surface area (Å²) in [6.07, 6.45) is 0.942. The summed E-state index contributed by atoms with van der Waals surface area (Å²) in [5.41, 5.74) is 7.12. The number of aliphatic imine (C=N–C) groups is 1. The zero-order chi connectivity index (χ0) is 17.0. The van der Waals surface area contributed by atoms with E-state index < -0.39 is 0 Å². The summed E-state index contributed by atoms with van der Waals surface area (Å²) in [4.78, 5) is 18.3. The highest BCUT2D eigenvalue weighted by Crippen LogP contribution is 2.40. The van der Waals surface area contributed by atoms with Crippen LogP contribution in [0.4, 0.5) is 0 Å². The molecule has 2 radical (unpaired) electrons. The van der Waals surface area contributed by atoms with E-state index in [0.29, 0.717) is 12.1 Å². The van der Waals surface area contributed by atoms with Crippen molar-refractivity contribution >= 4 is 26.0 Å². The fourth-order valence-corrected chi connectivity index (χ4v) is 2.41. The molecule has 1 unspecified atom stereocenters. The number of amidine groups is 1. The SMILES string of the molecule is [B][C@H]1CC(COC(=O)C(C)C)O[C@H]1c1ccc(C(N)=NC=N)[nH]1. The first-order valence-electron chi connectivity index (χ1n) is 7.51. The summed E-state index contributed by atoms with van der Waals surface area (Å²) in [6, 6.07) is 3.59. The lowest BCUT2D eigenvalue weighted by atomic mass is 9.79. The van der Waals surface area contributed by atoms with Gasteiger partial charge in [0.1, 0.15) is 18.8 Å². The average molecular weight is 316 g/mol. The fourth-order valence-electron chi connectivity index (χ4n) is 2.41. The molecule has 7 nitrogen and oxygen atoms in total. The van der Waals surface area contributed by atoms with Gasteiger partial charge in [0.2, 0.25) is 0 Å². The Morgan fingerprint density at radius 2 is 2.39 bits per heavy atom. The third-order valence-corrected chi connectivity index (χ3v) is 3.64. The molecule has 1 aromatic heterocycles. The van der Waals surface area contributed by atoms with Crippen LogP contribution in [0.1, 0.15) is 37.8 Å². The van der Waals surface area contributed by atoms with Crippen molar-refractivity contribution < 1.29 is 14.3 Å². The van der Waals surface area contributed by atoms with Crippen molar-refractivity contribution in [3.05, 3.63) is 23.5 Å². The summed E-state index contributed by atoms with van der Waals surface area (Å²) >= 11 is 0. The van der Waals surface area contributed by atoms with Gasteiger partial charge >= 0.3 is 5.97 Å². The molecule has 0 aliphatic carbocycles. The lowest BCUT2D eigenvalue weighted by Gasteiger charge is -2.15. The van der Waals surface area contributed by atoms with E-state index in [-0.39, 0.29) is 42.4 Å². The van der Waals surface area contributed by atoms with Crippen molar-refractivity contribution in [2.45, 2.75) is 38.3 Å². The molecule has 2 heterocycles. The third-order valence-electron chi connectivity index (χ3n) is 3.64. The van der Waals surface area contributed by atoms with E-state index in [9.17, 15) is 4.79 Å². The zero-order valence-electron chi connectivity index (χ0n) is 13.3. The number of carbonyl (C=O) groups is 1. The van der Waals surface area contributed by atoms with Gasteiger partial charge in [-0.1, -0.05) is 13.8 Å². The number of hydrogen-bond donors (Lipinski definition) is 3. The number of H-pyrrole nitrogens is 1. The zero-order valence-corrected chi connectivity index (χ0v) is 13.3. The van der Waals surface area contributed by atoms with Crippen molar-refractivity contribution in [1.29, 1.82) is 5.41 Å². The second-order valence-corrected chi connectivity index (χ2v) is 5.83. The number of rotatable bonds is 6. The van der Waals surface area contributed by atoms with Crippen LogP contribution in [0.3, 0.4) is 0 Å². The molecule has 1 fully saturated rings. The van der Waals surface area contributed by atoms with Crippen LogP contribution >= 0.6 is 0 Å². The van der Waals surface area contributed by atoms with Crippen LogP contribution in [-0.2, 0) is 14.3 Å². The normalized spacial score (nSPS) is 24.8. The molecule has 0 saturated carbocycles. The van der Waals surface area contributed by atoms with Crippen molar-refractivity contribution in [2.75, 3.05) is 6.61 Å². The number of nitrogens with one attached hydrogen (secondary N) is 2. The summed E-state index contributed by atoms with van der Waals surface area (Å²) in [5, 5.41) is 6.93. The largest absolute Gasteiger partial charge is 0.463 e. The first kappa shape index (κ1) is 17.3. The van der Waals surface area contributed by atoms with E-state index >= 15 is 0 Å². The topological polar surface area (TPSA) is 114 Å². The molecule has 1 saturated heterocycles. The van der Waals surface area contributed by atoms with E-state index in [4.69, 9.17) is 28.5 Å². The number of nitrogens with zero attached hydrogens (tertiary/aromatic N) is 1. The highest BCUT2D eigenvalue weighted by molar-refractivity contribution is 6.12. The molecule has 122 valence electrons. The van der Waals surface area contributed by atoms with Crippen LogP contribution < -0.4 is 5.73 Å². The standard InChI is InChI=1S/C15H21BN4O3/c1-8(2)15(21)22-6-9-5-10(16)13(23-9)11-3-4-12(20-11)14(18)19-7-17/h3-4,7-10,13,20H,5-6H2,1-2H3,(H3,17,18,19)/t9?,10-,13+/m0/s1. The van der Waals surface area contributed by atoms with Crippen LogP contribution in [0.25, 0.3) is 0 Å². The summed E-state index contributed by atoms with van der Waals surface area (Å²) in [6.45, 7) is 3.77. The van der Waals surface area contributed by atoms with Crippen molar-refractivity contribution in [3.63, 3.8) is 0 Å². The van der Waals surface area contributed by atoms with Crippen molar-refractivity contribution in [2.24, 2.45) is 16.6 Å². The molecule has 8 heteroatoms. The predicted octanol–water partition coefficient (Wildman–Crippen LogP) is 1.31. The second-order valence-electron chi connectivity index (χ2n) is 5.83. The maximum absolute atomic E-state index is 11.5. The second kappa shape index (κ2) is 7.46. The van der Waals surface area contributed by atoms with Gasteiger partial charge in [0, 0.05) is 5.69 Å². The summed E-state index contributed by atoms with van der Waals surface area (Å²) < 4.78 is 11.1. The fraction of sp³-hybridized carbons (Fsp3) is 0.533. The van der Waals surface area contributed by atoms with Crippen LogP contribution in [-0.4, -0.2) is 43.7 Å². The number of hydrogen-bond acceptors (Lipinski definition) is 4. The molecule has 23 heavy (non-hydrogen) atoms. The van der Waals surface area contributed by atoms with Gasteiger partial charge in [-0.25, -0.2) is 4.99 Å². The van der Waals surface area contributed by atoms with Crippen LogP contribution in [0.15, 0.2) is 17.1 Å². The first-order chi connectivity index (χ1) is 10.9. The number of nitrogens with two attached hydrogens (primary N) is 1. The smallest absolute Gasteiger partial charge is 0.308 e. The summed E-state index contributed by atoms with van der Waals surface area (Å²) in [5.74, 6) is -0.392. The number of esters is 1. The van der Waals surface area contributed by atoms with Gasteiger partial charge in [0.15, 0.2) is 0 Å². The Balaban J connectivity index is 1.98. The Kier molecular flexibility index (Phi) is 5.60. The Morgan fingerprint density at radius 1 is 1.65 bits per heavy atom. The third kappa shape index (κ3) is 4.22. The van der Waals surface area contributed by atoms with Crippen LogP contribution in [0.2, 0.25) is 5.82 Å². The van der Waals surface area contributed by atoms with E-state index in [2.05, 4.69) is 9.98 Å². The molecule has 0 spiro atoms. The Labute approximate surface area is 136 Å². The average Bonchev–Trinajstić information content (AvgIpc) is 3.11. The molecule has 4 N–H and O–H groups in total. The molecule has 0 aromatic carbocycles. The minimum absolute atomic E-state index is 0.164. The number of carbonyl (C=O) groups excluding carboxylic acids is 1. The minimum Gasteiger partial charge on any atom is -0.463 e. The molecule has 2 rings (SSSR count). The van der Waals surface area contributed by atoms with E-state index in [1.54, 1.807) is 19.9 Å². The summed E-state index contributed by atoms with van der Waals surface area (Å²) in [7, 11) is 6.13. The quantitative estimate of drug-likeness (QED) is 0.318. The molecule has 1 aliphatic rings. The van der Waals surface area contributed by atoms with Crippen molar-refractivity contribution in [3.8, 4) is 0 Å². The minimum atomic E-state index is -0.320. The number of aromatic nitrogens is 1. The molecule has 3 atom stereocenters.